The molecular weight excluding hydrogens is 441 g/mol. The van der Waals surface area contributed by atoms with Crippen molar-refractivity contribution in [1.29, 1.82) is 0 Å². The molecule has 2 aromatic rings. The van der Waals surface area contributed by atoms with Crippen molar-refractivity contribution >= 4 is 5.97 Å². The second kappa shape index (κ2) is 7.96. The summed E-state index contributed by atoms with van der Waals surface area (Å²) in [4.78, 5) is 27.8. The van der Waals surface area contributed by atoms with Crippen LogP contribution >= 0.6 is 0 Å². The molecule has 1 aliphatic rings. The van der Waals surface area contributed by atoms with Crippen LogP contribution in [-0.4, -0.2) is 38.1 Å². The Balaban J connectivity index is 2.04. The summed E-state index contributed by atoms with van der Waals surface area (Å²) in [6.07, 6.45) is -10.6. The molecule has 0 fully saturated rings. The van der Waals surface area contributed by atoms with Crippen LogP contribution in [0.4, 0.5) is 30.7 Å². The third-order valence-electron chi connectivity index (χ3n) is 4.77. The fourth-order valence-corrected chi connectivity index (χ4v) is 3.35. The van der Waals surface area contributed by atoms with E-state index in [1.54, 1.807) is 0 Å². The van der Waals surface area contributed by atoms with Gasteiger partial charge in [0.05, 0.1) is 19.1 Å². The minimum absolute atomic E-state index is 0.146. The maximum Gasteiger partial charge on any atom is 0.436 e. The summed E-state index contributed by atoms with van der Waals surface area (Å²) < 4.78 is 98.6. The Morgan fingerprint density at radius 2 is 1.94 bits per heavy atom. The number of ether oxygens (including phenoxy) is 1. The van der Waals surface area contributed by atoms with Crippen molar-refractivity contribution in [2.75, 3.05) is 6.61 Å². The number of halogens is 7. The van der Waals surface area contributed by atoms with E-state index in [0.29, 0.717) is 15.4 Å². The normalized spacial score (nSPS) is 19.2. The van der Waals surface area contributed by atoms with E-state index in [1.807, 2.05) is 0 Å². The van der Waals surface area contributed by atoms with Gasteiger partial charge >= 0.3 is 24.0 Å². The van der Waals surface area contributed by atoms with Gasteiger partial charge in [-0.3, -0.25) is 4.57 Å². The van der Waals surface area contributed by atoms with Crippen molar-refractivity contribution in [2.45, 2.75) is 44.7 Å². The monoisotopic (exact) mass is 456 g/mol. The van der Waals surface area contributed by atoms with Crippen LogP contribution in [0.3, 0.4) is 0 Å². The van der Waals surface area contributed by atoms with E-state index >= 15 is 0 Å². The third kappa shape index (κ3) is 4.42. The van der Waals surface area contributed by atoms with Crippen molar-refractivity contribution in [3.8, 4) is 0 Å². The van der Waals surface area contributed by atoms with Gasteiger partial charge in [0, 0.05) is 18.2 Å². The molecule has 2 atom stereocenters. The zero-order valence-electron chi connectivity index (χ0n) is 15.8. The number of pyridine rings is 1. The van der Waals surface area contributed by atoms with E-state index in [-0.39, 0.29) is 6.61 Å². The lowest BCUT2D eigenvalue weighted by Crippen LogP contribution is -2.41. The van der Waals surface area contributed by atoms with Crippen LogP contribution in [0, 0.1) is 11.7 Å². The van der Waals surface area contributed by atoms with E-state index in [9.17, 15) is 40.3 Å². The Morgan fingerprint density at radius 1 is 1.26 bits per heavy atom. The van der Waals surface area contributed by atoms with E-state index < -0.39 is 78.3 Å². The minimum atomic E-state index is -5.09. The minimum Gasteiger partial charge on any atom is -0.464 e. The Bertz CT molecular complexity index is 1040. The van der Waals surface area contributed by atoms with Crippen molar-refractivity contribution in [1.82, 2.24) is 19.3 Å². The predicted octanol–water partition coefficient (Wildman–Crippen LogP) is 2.87. The molecule has 0 N–H and O–H groups in total. The van der Waals surface area contributed by atoms with Crippen LogP contribution in [0.1, 0.15) is 36.5 Å². The van der Waals surface area contributed by atoms with Crippen LogP contribution in [0.5, 0.6) is 0 Å². The molecule has 0 radical (unpaired) electrons. The number of fused-ring (bicyclic) bond motifs is 1. The number of alkyl halides is 6. The number of aromatic nitrogens is 4. The molecule has 0 aromatic carbocycles. The van der Waals surface area contributed by atoms with Gasteiger partial charge in [0.2, 0.25) is 0 Å². The number of carbonyl (C=O) groups is 1. The molecule has 0 aliphatic carbocycles. The molecule has 0 spiro atoms. The molecule has 3 rings (SSSR count). The van der Waals surface area contributed by atoms with E-state index in [0.717, 1.165) is 6.07 Å². The molecule has 1 aliphatic heterocycles. The fraction of sp³-hybridized carbons (Fsp3) is 0.529. The standard InChI is InChI=1S/C17H15F7N4O3/c1-2-31-14(29)10-5-9(16(19,20)21)6-11-26-27(15(30)28(10)11)7-8-3-4-25-13(12(8)18)17(22,23)24/h3-4,9-10H,2,5-7H2,1H3/t9-,10-/m1/s1. The molecule has 0 saturated heterocycles. The van der Waals surface area contributed by atoms with Gasteiger partial charge in [-0.2, -0.15) is 31.4 Å². The lowest BCUT2D eigenvalue weighted by atomic mass is 9.91. The van der Waals surface area contributed by atoms with Gasteiger partial charge in [-0.1, -0.05) is 0 Å². The van der Waals surface area contributed by atoms with E-state index in [2.05, 4.69) is 10.1 Å². The van der Waals surface area contributed by atoms with Crippen LogP contribution in [0.25, 0.3) is 0 Å². The summed E-state index contributed by atoms with van der Waals surface area (Å²) in [7, 11) is 0. The lowest BCUT2D eigenvalue weighted by Gasteiger charge is -2.29. The van der Waals surface area contributed by atoms with Crippen molar-refractivity contribution < 1.29 is 40.3 Å². The van der Waals surface area contributed by atoms with Crippen LogP contribution in [-0.2, 0) is 28.7 Å². The van der Waals surface area contributed by atoms with Crippen LogP contribution < -0.4 is 5.69 Å². The van der Waals surface area contributed by atoms with Gasteiger partial charge < -0.3 is 4.74 Å². The molecule has 31 heavy (non-hydrogen) atoms. The first-order valence-electron chi connectivity index (χ1n) is 8.96. The number of carbonyl (C=O) groups excluding carboxylic acids is 1. The number of hydrogen-bond acceptors (Lipinski definition) is 5. The van der Waals surface area contributed by atoms with Gasteiger partial charge in [-0.15, -0.1) is 0 Å². The zero-order chi connectivity index (χ0) is 23.1. The SMILES string of the molecule is CCOC(=O)[C@H]1C[C@@H](C(F)(F)F)Cc2nn(Cc3ccnc(C(F)(F)F)c3F)c(=O)n21. The smallest absolute Gasteiger partial charge is 0.436 e. The van der Waals surface area contributed by atoms with Gasteiger partial charge in [0.25, 0.3) is 0 Å². The number of hydrogen-bond donors (Lipinski definition) is 0. The van der Waals surface area contributed by atoms with Gasteiger partial charge in [-0.05, 0) is 19.4 Å². The van der Waals surface area contributed by atoms with Crippen LogP contribution in [0.2, 0.25) is 0 Å². The second-order valence-corrected chi connectivity index (χ2v) is 6.80. The van der Waals surface area contributed by atoms with E-state index in [1.165, 1.54) is 6.92 Å². The molecule has 0 bridgehead atoms. The molecule has 0 saturated carbocycles. The van der Waals surface area contributed by atoms with Gasteiger partial charge in [0.15, 0.2) is 11.5 Å². The Kier molecular flexibility index (Phi) is 5.84. The van der Waals surface area contributed by atoms with Crippen LogP contribution in [0.15, 0.2) is 17.1 Å². The summed E-state index contributed by atoms with van der Waals surface area (Å²) in [6, 6.07) is -0.735. The average molecular weight is 456 g/mol. The highest BCUT2D eigenvalue weighted by atomic mass is 19.4. The molecular formula is C17H15F7N4O3. The van der Waals surface area contributed by atoms with Gasteiger partial charge in [0.1, 0.15) is 11.9 Å². The lowest BCUT2D eigenvalue weighted by molar-refractivity contribution is -0.184. The zero-order valence-corrected chi connectivity index (χ0v) is 15.8. The molecule has 3 heterocycles. The largest absolute Gasteiger partial charge is 0.464 e. The summed E-state index contributed by atoms with van der Waals surface area (Å²) in [6.45, 7) is 0.481. The average Bonchev–Trinajstić information content (AvgIpc) is 2.97. The first-order chi connectivity index (χ1) is 14.3. The Morgan fingerprint density at radius 3 is 2.52 bits per heavy atom. The van der Waals surface area contributed by atoms with Crippen molar-refractivity contribution in [3.05, 3.63) is 45.6 Å². The first kappa shape index (κ1) is 22.7. The second-order valence-electron chi connectivity index (χ2n) is 6.80. The Hall–Kier alpha value is -2.93. The summed E-state index contributed by atoms with van der Waals surface area (Å²) >= 11 is 0. The highest BCUT2D eigenvalue weighted by Crippen LogP contribution is 2.38. The molecule has 14 heteroatoms. The molecule has 170 valence electrons. The first-order valence-corrected chi connectivity index (χ1v) is 8.96. The number of esters is 1. The third-order valence-corrected chi connectivity index (χ3v) is 4.77. The van der Waals surface area contributed by atoms with E-state index in [4.69, 9.17) is 4.74 Å². The highest BCUT2D eigenvalue weighted by Gasteiger charge is 2.48. The quantitative estimate of drug-likeness (QED) is 0.522. The highest BCUT2D eigenvalue weighted by molar-refractivity contribution is 5.74. The molecule has 7 nitrogen and oxygen atoms in total. The number of nitrogens with zero attached hydrogens (tertiary/aromatic N) is 4. The molecule has 2 aromatic heterocycles. The van der Waals surface area contributed by atoms with Crippen molar-refractivity contribution in [2.24, 2.45) is 5.92 Å². The topological polar surface area (TPSA) is 79.0 Å². The maximum absolute atomic E-state index is 14.2. The summed E-state index contributed by atoms with van der Waals surface area (Å²) in [5, 5.41) is 3.73. The fourth-order valence-electron chi connectivity index (χ4n) is 3.35. The predicted molar refractivity (Wildman–Crippen MR) is 88.3 cm³/mol. The van der Waals surface area contributed by atoms with Gasteiger partial charge in [-0.25, -0.2) is 23.6 Å². The summed E-state index contributed by atoms with van der Waals surface area (Å²) in [5.74, 6) is -5.20. The Labute approximate surface area is 169 Å². The molecule has 0 amide bonds. The maximum atomic E-state index is 14.2. The molecule has 0 unspecified atom stereocenters. The summed E-state index contributed by atoms with van der Waals surface area (Å²) in [5.41, 5.74) is -3.47. The van der Waals surface area contributed by atoms with Crippen molar-refractivity contribution in [3.63, 3.8) is 0 Å². The number of rotatable bonds is 4.